The first-order valence-corrected chi connectivity index (χ1v) is 7.25. The predicted octanol–water partition coefficient (Wildman–Crippen LogP) is 2.82. The average molecular weight is 316 g/mol. The van der Waals surface area contributed by atoms with Crippen molar-refractivity contribution in [1.29, 1.82) is 0 Å². The normalized spacial score (nSPS) is 27.4. The van der Waals surface area contributed by atoms with Gasteiger partial charge in [0.25, 0.3) is 0 Å². The molecule has 0 unspecified atom stereocenters. The zero-order valence-electron chi connectivity index (χ0n) is 12.2. The SMILES string of the molecule is COC(=O)[C@@H]1C2c3ccccc3C(c3ccccc32)[C@@H]1N.Cl. The summed E-state index contributed by atoms with van der Waals surface area (Å²) < 4.78 is 5.02. The van der Waals surface area contributed by atoms with Gasteiger partial charge in [-0.1, -0.05) is 48.5 Å². The third-order valence-corrected chi connectivity index (χ3v) is 4.96. The van der Waals surface area contributed by atoms with Gasteiger partial charge in [-0.2, -0.15) is 0 Å². The van der Waals surface area contributed by atoms with E-state index in [4.69, 9.17) is 10.5 Å². The largest absolute Gasteiger partial charge is 0.469 e. The molecule has 2 aromatic rings. The van der Waals surface area contributed by atoms with E-state index in [1.807, 2.05) is 24.3 Å². The lowest BCUT2D eigenvalue weighted by molar-refractivity contribution is -0.147. The van der Waals surface area contributed by atoms with Crippen LogP contribution in [0.15, 0.2) is 48.5 Å². The summed E-state index contributed by atoms with van der Waals surface area (Å²) in [5.41, 5.74) is 11.4. The highest BCUT2D eigenvalue weighted by Gasteiger charge is 2.51. The van der Waals surface area contributed by atoms with Crippen molar-refractivity contribution in [3.63, 3.8) is 0 Å². The second kappa shape index (κ2) is 5.41. The first-order chi connectivity index (χ1) is 10.2. The first kappa shape index (κ1) is 15.1. The van der Waals surface area contributed by atoms with Crippen molar-refractivity contribution in [2.24, 2.45) is 11.7 Å². The molecule has 0 aliphatic heterocycles. The van der Waals surface area contributed by atoms with Crippen molar-refractivity contribution in [2.45, 2.75) is 17.9 Å². The summed E-state index contributed by atoms with van der Waals surface area (Å²) >= 11 is 0. The van der Waals surface area contributed by atoms with Crippen molar-refractivity contribution in [3.8, 4) is 0 Å². The molecule has 114 valence electrons. The number of benzene rings is 2. The zero-order valence-corrected chi connectivity index (χ0v) is 13.0. The Morgan fingerprint density at radius 1 is 0.909 bits per heavy atom. The number of ether oxygens (including phenoxy) is 1. The fourth-order valence-corrected chi connectivity index (χ4v) is 4.15. The number of carbonyl (C=O) groups excluding carboxylic acids is 1. The smallest absolute Gasteiger partial charge is 0.311 e. The van der Waals surface area contributed by atoms with Crippen LogP contribution in [0.1, 0.15) is 34.1 Å². The molecule has 2 bridgehead atoms. The molecule has 5 rings (SSSR count). The van der Waals surface area contributed by atoms with Crippen LogP contribution in [0.2, 0.25) is 0 Å². The number of hydrogen-bond donors (Lipinski definition) is 1. The third-order valence-electron chi connectivity index (χ3n) is 4.96. The minimum absolute atomic E-state index is 0. The van der Waals surface area contributed by atoms with Crippen LogP contribution in [-0.2, 0) is 9.53 Å². The second-order valence-corrected chi connectivity index (χ2v) is 5.84. The Morgan fingerprint density at radius 3 is 1.73 bits per heavy atom. The van der Waals surface area contributed by atoms with Crippen LogP contribution in [-0.4, -0.2) is 19.1 Å². The van der Waals surface area contributed by atoms with Crippen LogP contribution in [0, 0.1) is 5.92 Å². The predicted molar refractivity (Wildman–Crippen MR) is 87.3 cm³/mol. The molecule has 3 aliphatic carbocycles. The van der Waals surface area contributed by atoms with Gasteiger partial charge in [-0.3, -0.25) is 4.79 Å². The molecular weight excluding hydrogens is 298 g/mol. The summed E-state index contributed by atoms with van der Waals surface area (Å²) in [6, 6.07) is 16.4. The number of rotatable bonds is 1. The lowest BCUT2D eigenvalue weighted by atomic mass is 9.57. The van der Waals surface area contributed by atoms with E-state index >= 15 is 0 Å². The Kier molecular flexibility index (Phi) is 3.71. The van der Waals surface area contributed by atoms with Gasteiger partial charge in [0, 0.05) is 17.9 Å². The summed E-state index contributed by atoms with van der Waals surface area (Å²) in [7, 11) is 1.44. The molecule has 2 aromatic carbocycles. The number of hydrogen-bond acceptors (Lipinski definition) is 3. The molecule has 0 spiro atoms. The Hall–Kier alpha value is -1.84. The maximum atomic E-state index is 12.3. The fraction of sp³-hybridized carbons (Fsp3) is 0.278. The van der Waals surface area contributed by atoms with Gasteiger partial charge in [-0.25, -0.2) is 0 Å². The summed E-state index contributed by atoms with van der Waals surface area (Å²) in [5.74, 6) is -0.428. The molecule has 0 heterocycles. The minimum Gasteiger partial charge on any atom is -0.469 e. The Morgan fingerprint density at radius 2 is 1.32 bits per heavy atom. The van der Waals surface area contributed by atoms with E-state index < -0.39 is 0 Å². The lowest BCUT2D eigenvalue weighted by Crippen LogP contribution is -2.51. The number of methoxy groups -OCH3 is 1. The molecule has 3 nitrogen and oxygen atoms in total. The van der Waals surface area contributed by atoms with Crippen molar-refractivity contribution in [1.82, 2.24) is 0 Å². The van der Waals surface area contributed by atoms with E-state index in [2.05, 4.69) is 24.3 Å². The van der Waals surface area contributed by atoms with E-state index in [0.29, 0.717) is 0 Å². The van der Waals surface area contributed by atoms with Crippen LogP contribution in [0.3, 0.4) is 0 Å². The number of nitrogens with two attached hydrogens (primary N) is 1. The Balaban J connectivity index is 0.00000144. The molecule has 2 N–H and O–H groups in total. The van der Waals surface area contributed by atoms with Gasteiger partial charge in [0.2, 0.25) is 0 Å². The van der Waals surface area contributed by atoms with E-state index in [-0.39, 0.29) is 42.2 Å². The van der Waals surface area contributed by atoms with Gasteiger partial charge >= 0.3 is 5.97 Å². The van der Waals surface area contributed by atoms with E-state index in [0.717, 1.165) is 0 Å². The summed E-state index contributed by atoms with van der Waals surface area (Å²) in [4.78, 5) is 12.3. The fourth-order valence-electron chi connectivity index (χ4n) is 4.15. The van der Waals surface area contributed by atoms with E-state index in [1.165, 1.54) is 29.4 Å². The van der Waals surface area contributed by atoms with Crippen LogP contribution in [0.25, 0.3) is 0 Å². The number of carbonyl (C=O) groups is 1. The molecule has 3 aliphatic rings. The summed E-state index contributed by atoms with van der Waals surface area (Å²) in [5, 5.41) is 0. The van der Waals surface area contributed by atoms with Crippen LogP contribution < -0.4 is 5.73 Å². The first-order valence-electron chi connectivity index (χ1n) is 7.25. The molecule has 0 fully saturated rings. The average Bonchev–Trinajstić information content (AvgIpc) is 2.54. The van der Waals surface area contributed by atoms with Crippen LogP contribution in [0.5, 0.6) is 0 Å². The number of halogens is 1. The highest BCUT2D eigenvalue weighted by atomic mass is 35.5. The second-order valence-electron chi connectivity index (χ2n) is 5.84. The quantitative estimate of drug-likeness (QED) is 0.823. The van der Waals surface area contributed by atoms with Crippen molar-refractivity contribution in [3.05, 3.63) is 70.8 Å². The van der Waals surface area contributed by atoms with Gasteiger partial charge in [0.1, 0.15) is 0 Å². The summed E-state index contributed by atoms with van der Waals surface area (Å²) in [6.45, 7) is 0. The highest BCUT2D eigenvalue weighted by Crippen LogP contribution is 2.54. The Labute approximate surface area is 135 Å². The molecule has 0 saturated carbocycles. The Bertz CT molecular complexity index is 683. The minimum atomic E-state index is -0.301. The molecule has 0 saturated heterocycles. The van der Waals surface area contributed by atoms with Crippen molar-refractivity contribution in [2.75, 3.05) is 7.11 Å². The topological polar surface area (TPSA) is 52.3 Å². The molecule has 0 amide bonds. The lowest BCUT2D eigenvalue weighted by Gasteiger charge is -2.48. The maximum absolute atomic E-state index is 12.3. The van der Waals surface area contributed by atoms with Crippen molar-refractivity contribution < 1.29 is 9.53 Å². The van der Waals surface area contributed by atoms with Gasteiger partial charge in [-0.15, -0.1) is 12.4 Å². The molecule has 22 heavy (non-hydrogen) atoms. The molecule has 0 radical (unpaired) electrons. The standard InChI is InChI=1S/C18H17NO2.ClH/c1-21-18(20)16-14-10-6-2-4-8-12(10)15(17(16)19)13-9-5-3-7-11(13)14;/h2-9,14-17H,19H2,1H3;1H/t14?,15?,16-,17+;/m1./s1. The van der Waals surface area contributed by atoms with Crippen molar-refractivity contribution >= 4 is 18.4 Å². The van der Waals surface area contributed by atoms with Gasteiger partial charge in [0.15, 0.2) is 0 Å². The highest BCUT2D eigenvalue weighted by molar-refractivity contribution is 5.85. The van der Waals surface area contributed by atoms with Gasteiger partial charge < -0.3 is 10.5 Å². The van der Waals surface area contributed by atoms with Crippen LogP contribution in [0.4, 0.5) is 0 Å². The van der Waals surface area contributed by atoms with Crippen LogP contribution >= 0.6 is 12.4 Å². The molecule has 4 heteroatoms. The third kappa shape index (κ3) is 1.82. The number of fused-ring (bicyclic) bond motifs is 1. The monoisotopic (exact) mass is 315 g/mol. The summed E-state index contributed by atoms with van der Waals surface area (Å²) in [6.07, 6.45) is 0. The van der Waals surface area contributed by atoms with Gasteiger partial charge in [-0.05, 0) is 22.3 Å². The molecule has 0 aromatic heterocycles. The molecular formula is C18H18ClNO2. The van der Waals surface area contributed by atoms with E-state index in [1.54, 1.807) is 0 Å². The zero-order chi connectivity index (χ0) is 14.6. The van der Waals surface area contributed by atoms with E-state index in [9.17, 15) is 4.79 Å². The molecule has 2 atom stereocenters. The maximum Gasteiger partial charge on any atom is 0.311 e. The van der Waals surface area contributed by atoms with Gasteiger partial charge in [0.05, 0.1) is 13.0 Å². The number of esters is 1.